The summed E-state index contributed by atoms with van der Waals surface area (Å²) in [5.41, 5.74) is 27.8. The van der Waals surface area contributed by atoms with E-state index in [4.69, 9.17) is 0 Å². The molecule has 0 saturated heterocycles. The van der Waals surface area contributed by atoms with Crippen molar-refractivity contribution in [3.8, 4) is 55.6 Å². The van der Waals surface area contributed by atoms with Gasteiger partial charge in [-0.1, -0.05) is 239 Å². The van der Waals surface area contributed by atoms with Crippen LogP contribution in [0.15, 0.2) is 267 Å². The highest BCUT2D eigenvalue weighted by Crippen LogP contribution is 2.63. The van der Waals surface area contributed by atoms with Crippen molar-refractivity contribution in [1.29, 1.82) is 0 Å². The highest BCUT2D eigenvalue weighted by atomic mass is 15.1. The number of benzene rings is 10. The van der Waals surface area contributed by atoms with Crippen LogP contribution in [-0.2, 0) is 10.8 Å². The van der Waals surface area contributed by atoms with E-state index < -0.39 is 5.41 Å². The Bertz CT molecular complexity index is 3830. The number of nitrogens with zero attached hydrogens (tertiary/aromatic N) is 1. The zero-order valence-corrected chi connectivity index (χ0v) is 40.9. The monoisotopic (exact) mass is 919 g/mol. The summed E-state index contributed by atoms with van der Waals surface area (Å²) < 4.78 is 0. The first-order chi connectivity index (χ1) is 35.3. The van der Waals surface area contributed by atoms with Gasteiger partial charge in [0.05, 0.1) is 11.1 Å². The van der Waals surface area contributed by atoms with E-state index in [1.54, 1.807) is 0 Å². The minimum absolute atomic E-state index is 0.153. The number of fused-ring (bicyclic) bond motifs is 10. The lowest BCUT2D eigenvalue weighted by molar-refractivity contribution is 0.660. The van der Waals surface area contributed by atoms with Gasteiger partial charge in [-0.3, -0.25) is 0 Å². The van der Waals surface area contributed by atoms with Gasteiger partial charge in [-0.15, -0.1) is 0 Å². The number of allylic oxidation sites excluding steroid dienone is 5. The van der Waals surface area contributed by atoms with Gasteiger partial charge in [0.2, 0.25) is 0 Å². The molecule has 0 bridgehead atoms. The molecule has 10 aromatic rings. The summed E-state index contributed by atoms with van der Waals surface area (Å²) in [4.78, 5) is 2.48. The molecule has 0 heterocycles. The van der Waals surface area contributed by atoms with E-state index in [2.05, 4.69) is 287 Å². The molecule has 342 valence electrons. The fraction of sp³-hybridized carbons (Fsp3) is 0.0704. The van der Waals surface area contributed by atoms with Crippen LogP contribution in [-0.4, -0.2) is 0 Å². The summed E-state index contributed by atoms with van der Waals surface area (Å²) in [7, 11) is 0. The van der Waals surface area contributed by atoms with E-state index >= 15 is 0 Å². The number of hydrogen-bond donors (Lipinski definition) is 0. The molecular formula is C71H53N. The predicted molar refractivity (Wildman–Crippen MR) is 304 cm³/mol. The Morgan fingerprint density at radius 1 is 0.403 bits per heavy atom. The molecule has 3 aliphatic carbocycles. The van der Waals surface area contributed by atoms with Crippen LogP contribution in [0.2, 0.25) is 0 Å². The first-order valence-electron chi connectivity index (χ1n) is 25.2. The Hall–Kier alpha value is -8.78. The molecular weight excluding hydrogens is 867 g/mol. The van der Waals surface area contributed by atoms with Crippen LogP contribution in [0.1, 0.15) is 59.7 Å². The van der Waals surface area contributed by atoms with Crippen molar-refractivity contribution in [3.05, 3.63) is 306 Å². The maximum atomic E-state index is 4.47. The molecule has 13 rings (SSSR count). The summed E-state index contributed by atoms with van der Waals surface area (Å²) in [5, 5.41) is 0. The SMILES string of the molecule is C=C(/C=C\C1=C(C)C2(c3ccccc31)c1ccccc1-c1c(-c3ccc(N(c4ccc5c(c4)C(C)(C)c4ccccc4-5)c4ccc(-c5ccccc5)cc4-c4ccccc4)cc3)cccc12)c1ccccc1. The third-order valence-corrected chi connectivity index (χ3v) is 15.9. The molecule has 0 fully saturated rings. The molecule has 1 nitrogen and oxygen atoms in total. The second-order valence-corrected chi connectivity index (χ2v) is 20.1. The van der Waals surface area contributed by atoms with E-state index in [9.17, 15) is 0 Å². The van der Waals surface area contributed by atoms with Gasteiger partial charge in [0.1, 0.15) is 0 Å². The largest absolute Gasteiger partial charge is 0.310 e. The van der Waals surface area contributed by atoms with E-state index in [0.717, 1.165) is 28.2 Å². The van der Waals surface area contributed by atoms with Crippen molar-refractivity contribution in [1.82, 2.24) is 0 Å². The van der Waals surface area contributed by atoms with Crippen LogP contribution in [0.25, 0.3) is 66.8 Å². The molecule has 0 radical (unpaired) electrons. The molecule has 1 heteroatoms. The fourth-order valence-corrected chi connectivity index (χ4v) is 12.5. The van der Waals surface area contributed by atoms with Crippen LogP contribution < -0.4 is 4.90 Å². The quantitative estimate of drug-likeness (QED) is 0.130. The maximum Gasteiger partial charge on any atom is 0.0685 e. The normalized spacial score (nSPS) is 15.5. The summed E-state index contributed by atoms with van der Waals surface area (Å²) in [5.74, 6) is 0. The Labute approximate surface area is 424 Å². The minimum atomic E-state index is -0.441. The van der Waals surface area contributed by atoms with E-state index in [1.165, 1.54) is 100 Å². The van der Waals surface area contributed by atoms with Gasteiger partial charge in [0.15, 0.2) is 0 Å². The van der Waals surface area contributed by atoms with Gasteiger partial charge in [-0.25, -0.2) is 0 Å². The van der Waals surface area contributed by atoms with Gasteiger partial charge < -0.3 is 4.90 Å². The zero-order chi connectivity index (χ0) is 48.6. The lowest BCUT2D eigenvalue weighted by atomic mass is 9.70. The molecule has 3 aliphatic rings. The fourth-order valence-electron chi connectivity index (χ4n) is 12.5. The van der Waals surface area contributed by atoms with Crippen LogP contribution in [0.3, 0.4) is 0 Å². The van der Waals surface area contributed by atoms with E-state index in [0.29, 0.717) is 0 Å². The van der Waals surface area contributed by atoms with E-state index in [-0.39, 0.29) is 5.41 Å². The minimum Gasteiger partial charge on any atom is -0.310 e. The Morgan fingerprint density at radius 2 is 0.931 bits per heavy atom. The molecule has 0 amide bonds. The summed E-state index contributed by atoms with van der Waals surface area (Å²) in [6.07, 6.45) is 4.49. The van der Waals surface area contributed by atoms with Gasteiger partial charge in [0.25, 0.3) is 0 Å². The molecule has 0 aliphatic heterocycles. The van der Waals surface area contributed by atoms with Crippen molar-refractivity contribution in [2.45, 2.75) is 31.6 Å². The maximum absolute atomic E-state index is 4.47. The molecule has 1 unspecified atom stereocenters. The number of anilines is 3. The molecule has 0 saturated carbocycles. The van der Waals surface area contributed by atoms with Gasteiger partial charge in [-0.2, -0.15) is 0 Å². The van der Waals surface area contributed by atoms with Crippen LogP contribution in [0.5, 0.6) is 0 Å². The number of rotatable bonds is 9. The Morgan fingerprint density at radius 3 is 1.65 bits per heavy atom. The Balaban J connectivity index is 0.968. The molecule has 72 heavy (non-hydrogen) atoms. The van der Waals surface area contributed by atoms with Crippen molar-refractivity contribution in [3.63, 3.8) is 0 Å². The highest BCUT2D eigenvalue weighted by molar-refractivity contribution is 6.01. The van der Waals surface area contributed by atoms with Crippen LogP contribution >= 0.6 is 0 Å². The number of hydrogen-bond acceptors (Lipinski definition) is 1. The van der Waals surface area contributed by atoms with Gasteiger partial charge in [-0.05, 0) is 149 Å². The second kappa shape index (κ2) is 17.0. The first kappa shape index (κ1) is 43.3. The standard InChI is InChI=1S/C71H53N/c1-47(49-21-8-5-9-22-49)35-42-56-48(2)71(64-32-18-15-27-58(56)64)65-33-19-16-29-61(65)69-57(30-20-34-66(69)71)52-36-39-54(40-37-52)72(55-41-43-60-59-28-14-17-31-63(59)70(3,4)67(60)46-55)68-44-38-53(50-23-10-6-11-24-50)45-62(68)51-25-12-7-13-26-51/h5-46H,1H2,2-4H3/b42-35-. The third-order valence-electron chi connectivity index (χ3n) is 15.9. The topological polar surface area (TPSA) is 3.24 Å². The smallest absolute Gasteiger partial charge is 0.0685 e. The molecule has 1 spiro atoms. The molecule has 0 N–H and O–H groups in total. The average Bonchev–Trinajstić information content (AvgIpc) is 3.98. The first-order valence-corrected chi connectivity index (χ1v) is 25.2. The molecule has 1 atom stereocenters. The predicted octanol–water partition coefficient (Wildman–Crippen LogP) is 18.8. The van der Waals surface area contributed by atoms with Crippen molar-refractivity contribution in [2.24, 2.45) is 0 Å². The van der Waals surface area contributed by atoms with Gasteiger partial charge in [0, 0.05) is 22.4 Å². The second-order valence-electron chi connectivity index (χ2n) is 20.1. The van der Waals surface area contributed by atoms with Gasteiger partial charge >= 0.3 is 0 Å². The summed E-state index contributed by atoms with van der Waals surface area (Å²) in [6.45, 7) is 11.6. The van der Waals surface area contributed by atoms with Crippen molar-refractivity contribution < 1.29 is 0 Å². The van der Waals surface area contributed by atoms with Crippen LogP contribution in [0.4, 0.5) is 17.1 Å². The Kier molecular flexibility index (Phi) is 10.2. The lowest BCUT2D eigenvalue weighted by Crippen LogP contribution is -2.26. The summed E-state index contributed by atoms with van der Waals surface area (Å²) in [6, 6.07) is 89.5. The van der Waals surface area contributed by atoms with Crippen LogP contribution in [0, 0.1) is 0 Å². The van der Waals surface area contributed by atoms with Crippen molar-refractivity contribution >= 4 is 28.2 Å². The zero-order valence-electron chi connectivity index (χ0n) is 40.9. The van der Waals surface area contributed by atoms with Crippen molar-refractivity contribution in [2.75, 3.05) is 4.90 Å². The summed E-state index contributed by atoms with van der Waals surface area (Å²) >= 11 is 0. The molecule has 0 aromatic heterocycles. The highest BCUT2D eigenvalue weighted by Gasteiger charge is 2.51. The molecule has 10 aromatic carbocycles. The lowest BCUT2D eigenvalue weighted by Gasteiger charge is -2.31. The third kappa shape index (κ3) is 6.61. The van der Waals surface area contributed by atoms with E-state index in [1.807, 2.05) is 0 Å². The average molecular weight is 920 g/mol.